The third-order valence-electron chi connectivity index (χ3n) is 3.64. The lowest BCUT2D eigenvalue weighted by molar-refractivity contribution is 0.0689. The van der Waals surface area contributed by atoms with Gasteiger partial charge in [0.05, 0.1) is 16.9 Å². The van der Waals surface area contributed by atoms with E-state index in [-0.39, 0.29) is 11.4 Å². The summed E-state index contributed by atoms with van der Waals surface area (Å²) in [5.41, 5.74) is 2.28. The average molecular weight is 347 g/mol. The van der Waals surface area contributed by atoms with Crippen LogP contribution in [0.1, 0.15) is 32.2 Å². The van der Waals surface area contributed by atoms with E-state index < -0.39 is 11.9 Å². The molecular weight excluding hydrogens is 334 g/mol. The van der Waals surface area contributed by atoms with Crippen LogP contribution in [0, 0.1) is 18.3 Å². The van der Waals surface area contributed by atoms with Crippen molar-refractivity contribution < 1.29 is 14.7 Å². The van der Waals surface area contributed by atoms with Gasteiger partial charge in [-0.05, 0) is 49.4 Å². The first kappa shape index (κ1) is 16.9. The van der Waals surface area contributed by atoms with Crippen molar-refractivity contribution in [1.29, 1.82) is 5.26 Å². The molecule has 3 rings (SSSR count). The Kier molecular flexibility index (Phi) is 4.45. The summed E-state index contributed by atoms with van der Waals surface area (Å²) in [6.07, 6.45) is 1.54. The van der Waals surface area contributed by atoms with Gasteiger partial charge in [0.25, 0.3) is 5.91 Å². The highest BCUT2D eigenvalue weighted by molar-refractivity contribution is 6.03. The van der Waals surface area contributed by atoms with Crippen molar-refractivity contribution in [2.75, 3.05) is 5.32 Å². The fourth-order valence-corrected chi connectivity index (χ4v) is 2.28. The van der Waals surface area contributed by atoms with Crippen LogP contribution in [0.4, 0.5) is 5.69 Å². The number of carbonyl (C=O) groups is 2. The topological polar surface area (TPSA) is 121 Å². The summed E-state index contributed by atoms with van der Waals surface area (Å²) in [7, 11) is 0. The highest BCUT2D eigenvalue weighted by Crippen LogP contribution is 2.15. The Morgan fingerprint density at radius 1 is 1.12 bits per heavy atom. The normalized spacial score (nSPS) is 10.2. The van der Waals surface area contributed by atoms with Gasteiger partial charge in [-0.15, -0.1) is 0 Å². The lowest BCUT2D eigenvalue weighted by Gasteiger charge is -2.07. The van der Waals surface area contributed by atoms with Crippen molar-refractivity contribution in [2.24, 2.45) is 0 Å². The van der Waals surface area contributed by atoms with Crippen molar-refractivity contribution >= 4 is 17.6 Å². The highest BCUT2D eigenvalue weighted by Gasteiger charge is 2.11. The van der Waals surface area contributed by atoms with Crippen LogP contribution in [0.5, 0.6) is 0 Å². The predicted octanol–water partition coefficient (Wildman–Crippen LogP) is 2.40. The van der Waals surface area contributed by atoms with Gasteiger partial charge in [0.2, 0.25) is 0 Å². The van der Waals surface area contributed by atoms with Crippen molar-refractivity contribution in [3.8, 4) is 11.8 Å². The molecular formula is C18H13N5O3. The van der Waals surface area contributed by atoms with Gasteiger partial charge in [0, 0.05) is 11.9 Å². The number of amides is 1. The summed E-state index contributed by atoms with van der Waals surface area (Å²) >= 11 is 0. The van der Waals surface area contributed by atoms with Gasteiger partial charge in [-0.2, -0.15) is 10.4 Å². The molecule has 0 aliphatic carbocycles. The lowest BCUT2D eigenvalue weighted by atomic mass is 10.2. The number of aryl methyl sites for hydroxylation is 1. The van der Waals surface area contributed by atoms with Crippen molar-refractivity contribution in [3.05, 3.63) is 71.3 Å². The van der Waals surface area contributed by atoms with Gasteiger partial charge in [-0.3, -0.25) is 4.79 Å². The number of rotatable bonds is 4. The first-order valence-corrected chi connectivity index (χ1v) is 7.56. The van der Waals surface area contributed by atoms with E-state index in [9.17, 15) is 9.59 Å². The van der Waals surface area contributed by atoms with Gasteiger partial charge < -0.3 is 10.4 Å². The molecule has 3 aromatic rings. The molecule has 8 heteroatoms. The number of carbonyl (C=O) groups excluding carboxylic acids is 1. The molecule has 2 aromatic heterocycles. The number of carboxylic acids is 1. The minimum Gasteiger partial charge on any atom is -0.476 e. The van der Waals surface area contributed by atoms with E-state index in [2.05, 4.69) is 15.4 Å². The Labute approximate surface area is 148 Å². The Bertz CT molecular complexity index is 1030. The standard InChI is InChI=1S/C18H13N5O3/c1-11-12(10-19)2-7-15(20-11)17(24)21-13-3-5-14(6-4-13)23-9-8-16(22-23)18(25)26/h2-9H,1H3,(H,21,24)(H,25,26). The molecule has 0 saturated carbocycles. The van der Waals surface area contributed by atoms with E-state index >= 15 is 0 Å². The molecule has 0 aliphatic rings. The van der Waals surface area contributed by atoms with Crippen LogP contribution < -0.4 is 5.32 Å². The van der Waals surface area contributed by atoms with E-state index in [1.807, 2.05) is 6.07 Å². The van der Waals surface area contributed by atoms with Crippen LogP contribution in [-0.2, 0) is 0 Å². The molecule has 2 heterocycles. The maximum atomic E-state index is 12.3. The van der Waals surface area contributed by atoms with Crippen molar-refractivity contribution in [3.63, 3.8) is 0 Å². The predicted molar refractivity (Wildman–Crippen MR) is 92.2 cm³/mol. The zero-order valence-corrected chi connectivity index (χ0v) is 13.7. The molecule has 8 nitrogen and oxygen atoms in total. The monoisotopic (exact) mass is 347 g/mol. The maximum absolute atomic E-state index is 12.3. The molecule has 1 aromatic carbocycles. The zero-order valence-electron chi connectivity index (χ0n) is 13.7. The van der Waals surface area contributed by atoms with Crippen LogP contribution in [0.3, 0.4) is 0 Å². The summed E-state index contributed by atoms with van der Waals surface area (Å²) in [4.78, 5) is 27.3. The molecule has 26 heavy (non-hydrogen) atoms. The number of hydrogen-bond donors (Lipinski definition) is 2. The van der Waals surface area contributed by atoms with Crippen LogP contribution in [0.2, 0.25) is 0 Å². The van der Waals surface area contributed by atoms with Crippen LogP contribution >= 0.6 is 0 Å². The van der Waals surface area contributed by atoms with Crippen LogP contribution in [0.25, 0.3) is 5.69 Å². The minimum atomic E-state index is -1.10. The van der Waals surface area contributed by atoms with Crippen LogP contribution in [0.15, 0.2) is 48.7 Å². The van der Waals surface area contributed by atoms with Gasteiger partial charge in [-0.1, -0.05) is 0 Å². The fourth-order valence-electron chi connectivity index (χ4n) is 2.28. The second kappa shape index (κ2) is 6.86. The maximum Gasteiger partial charge on any atom is 0.356 e. The van der Waals surface area contributed by atoms with E-state index in [0.29, 0.717) is 22.6 Å². The first-order valence-electron chi connectivity index (χ1n) is 7.56. The molecule has 0 radical (unpaired) electrons. The largest absolute Gasteiger partial charge is 0.476 e. The second-order valence-electron chi connectivity index (χ2n) is 5.39. The molecule has 0 fully saturated rings. The van der Waals surface area contributed by atoms with Gasteiger partial charge >= 0.3 is 5.97 Å². The zero-order chi connectivity index (χ0) is 18.7. The Morgan fingerprint density at radius 3 is 2.42 bits per heavy atom. The van der Waals surface area contributed by atoms with Crippen LogP contribution in [-0.4, -0.2) is 31.7 Å². The molecule has 0 spiro atoms. The fraction of sp³-hybridized carbons (Fsp3) is 0.0556. The third-order valence-corrected chi connectivity index (χ3v) is 3.64. The molecule has 0 unspecified atom stereocenters. The number of hydrogen-bond acceptors (Lipinski definition) is 5. The van der Waals surface area contributed by atoms with Gasteiger partial charge in [0.15, 0.2) is 5.69 Å². The average Bonchev–Trinajstić information content (AvgIpc) is 3.12. The molecule has 0 saturated heterocycles. The van der Waals surface area contributed by atoms with E-state index in [4.69, 9.17) is 10.4 Å². The number of carboxylic acid groups (broad SMARTS) is 1. The third kappa shape index (κ3) is 3.42. The molecule has 0 aliphatic heterocycles. The number of nitrogens with zero attached hydrogens (tertiary/aromatic N) is 4. The smallest absolute Gasteiger partial charge is 0.356 e. The number of anilines is 1. The SMILES string of the molecule is Cc1nc(C(=O)Nc2ccc(-n3ccc(C(=O)O)n3)cc2)ccc1C#N. The Hall–Kier alpha value is -3.99. The first-order chi connectivity index (χ1) is 12.5. The van der Waals surface area contributed by atoms with E-state index in [1.165, 1.54) is 16.8 Å². The summed E-state index contributed by atoms with van der Waals surface area (Å²) in [6, 6.07) is 13.2. The Balaban J connectivity index is 1.74. The molecule has 0 atom stereocenters. The summed E-state index contributed by atoms with van der Waals surface area (Å²) in [5.74, 6) is -1.49. The quantitative estimate of drug-likeness (QED) is 0.747. The molecule has 1 amide bonds. The van der Waals surface area contributed by atoms with Crippen molar-refractivity contribution in [1.82, 2.24) is 14.8 Å². The minimum absolute atomic E-state index is 0.0513. The number of aromatic nitrogens is 3. The number of benzene rings is 1. The number of nitriles is 1. The van der Waals surface area contributed by atoms with Crippen molar-refractivity contribution in [2.45, 2.75) is 6.92 Å². The molecule has 2 N–H and O–H groups in total. The number of pyridine rings is 1. The lowest BCUT2D eigenvalue weighted by Crippen LogP contribution is -2.14. The summed E-state index contributed by atoms with van der Waals surface area (Å²) < 4.78 is 1.43. The number of nitrogens with one attached hydrogen (secondary N) is 1. The molecule has 128 valence electrons. The molecule has 0 bridgehead atoms. The van der Waals surface area contributed by atoms with E-state index in [0.717, 1.165) is 0 Å². The Morgan fingerprint density at radius 2 is 1.85 bits per heavy atom. The second-order valence-corrected chi connectivity index (χ2v) is 5.39. The number of aromatic carboxylic acids is 1. The highest BCUT2D eigenvalue weighted by atomic mass is 16.4. The summed E-state index contributed by atoms with van der Waals surface area (Å²) in [6.45, 7) is 1.67. The summed E-state index contributed by atoms with van der Waals surface area (Å²) in [5, 5.41) is 24.5. The van der Waals surface area contributed by atoms with Gasteiger partial charge in [0.1, 0.15) is 11.8 Å². The van der Waals surface area contributed by atoms with E-state index in [1.54, 1.807) is 43.5 Å². The van der Waals surface area contributed by atoms with Gasteiger partial charge in [-0.25, -0.2) is 14.5 Å².